The second-order valence-corrected chi connectivity index (χ2v) is 5.43. The molecule has 0 bridgehead atoms. The third-order valence-corrected chi connectivity index (χ3v) is 3.60. The Balaban J connectivity index is 2.55. The van der Waals surface area contributed by atoms with Crippen LogP contribution in [0.1, 0.15) is 22.8 Å². The maximum Gasteiger partial charge on any atom is 0.322 e. The van der Waals surface area contributed by atoms with Crippen molar-refractivity contribution in [1.82, 2.24) is 15.2 Å². The van der Waals surface area contributed by atoms with E-state index in [9.17, 15) is 24.3 Å². The van der Waals surface area contributed by atoms with Gasteiger partial charge < -0.3 is 25.4 Å². The van der Waals surface area contributed by atoms with Gasteiger partial charge in [-0.05, 0) is 17.7 Å². The molecule has 2 amide bonds. The van der Waals surface area contributed by atoms with Gasteiger partial charge in [-0.3, -0.25) is 19.2 Å². The van der Waals surface area contributed by atoms with E-state index in [1.807, 2.05) is 0 Å². The number of pyridine rings is 1. The van der Waals surface area contributed by atoms with E-state index in [0.29, 0.717) is 11.1 Å². The number of carbonyl (C=O) groups excluding carboxylic acids is 2. The smallest absolute Gasteiger partial charge is 0.322 e. The van der Waals surface area contributed by atoms with Gasteiger partial charge in [0.15, 0.2) is 0 Å². The van der Waals surface area contributed by atoms with Gasteiger partial charge in [-0.15, -0.1) is 0 Å². The maximum atomic E-state index is 12.3. The Morgan fingerprint density at radius 1 is 1.20 bits per heavy atom. The topological polar surface area (TPSA) is 138 Å². The van der Waals surface area contributed by atoms with Crippen molar-refractivity contribution >= 4 is 28.7 Å². The average molecular weight is 347 g/mol. The number of fused-ring (bicyclic) bond motifs is 1. The molecule has 0 saturated carbocycles. The summed E-state index contributed by atoms with van der Waals surface area (Å²) < 4.78 is 1.19. The lowest BCUT2D eigenvalue weighted by Crippen LogP contribution is -2.35. The Labute approximate surface area is 141 Å². The lowest BCUT2D eigenvalue weighted by atomic mass is 10.1. The summed E-state index contributed by atoms with van der Waals surface area (Å²) in [5, 5.41) is 23.9. The van der Waals surface area contributed by atoms with Gasteiger partial charge in [-0.1, -0.05) is 6.07 Å². The number of benzene rings is 1. The van der Waals surface area contributed by atoms with Gasteiger partial charge in [-0.2, -0.15) is 0 Å². The zero-order valence-corrected chi connectivity index (χ0v) is 13.6. The third-order valence-electron chi connectivity index (χ3n) is 3.60. The lowest BCUT2D eigenvalue weighted by molar-refractivity contribution is -0.135. The number of aromatic nitrogens is 1. The van der Waals surface area contributed by atoms with Gasteiger partial charge in [0.25, 0.3) is 11.5 Å². The van der Waals surface area contributed by atoms with Gasteiger partial charge in [0.2, 0.25) is 5.91 Å². The molecule has 9 nitrogen and oxygen atoms in total. The number of hydrogen-bond donors (Lipinski definition) is 4. The molecule has 0 aliphatic carbocycles. The van der Waals surface area contributed by atoms with Crippen molar-refractivity contribution in [1.29, 1.82) is 0 Å². The quantitative estimate of drug-likeness (QED) is 0.586. The Bertz CT molecular complexity index is 932. The van der Waals surface area contributed by atoms with E-state index in [1.54, 1.807) is 18.2 Å². The van der Waals surface area contributed by atoms with Crippen LogP contribution in [0.2, 0.25) is 0 Å². The number of carboxylic acids is 1. The first-order valence-corrected chi connectivity index (χ1v) is 7.31. The highest BCUT2D eigenvalue weighted by molar-refractivity contribution is 6.03. The second kappa shape index (κ2) is 7.04. The summed E-state index contributed by atoms with van der Waals surface area (Å²) >= 11 is 0. The molecule has 2 rings (SSSR count). The molecule has 0 unspecified atom stereocenters. The van der Waals surface area contributed by atoms with Crippen LogP contribution in [0.15, 0.2) is 23.0 Å². The predicted molar refractivity (Wildman–Crippen MR) is 88.3 cm³/mol. The van der Waals surface area contributed by atoms with Crippen LogP contribution in [0.4, 0.5) is 0 Å². The number of aryl methyl sites for hydroxylation is 1. The SMILES string of the molecule is CC(=O)NCc1ccc2c(c1)c(O)c(C(=O)NCC(=O)O)c(=O)n2C. The zero-order chi connectivity index (χ0) is 18.7. The van der Waals surface area contributed by atoms with Crippen LogP contribution < -0.4 is 16.2 Å². The van der Waals surface area contributed by atoms with Crippen molar-refractivity contribution in [3.05, 3.63) is 39.7 Å². The number of carboxylic acid groups (broad SMARTS) is 1. The minimum absolute atomic E-state index is 0.216. The van der Waals surface area contributed by atoms with Gasteiger partial charge in [0.1, 0.15) is 17.9 Å². The van der Waals surface area contributed by atoms with Crippen molar-refractivity contribution < 1.29 is 24.6 Å². The molecule has 0 saturated heterocycles. The van der Waals surface area contributed by atoms with Crippen LogP contribution >= 0.6 is 0 Å². The van der Waals surface area contributed by atoms with Crippen LogP contribution in [0, 0.1) is 0 Å². The Morgan fingerprint density at radius 3 is 2.48 bits per heavy atom. The molecular weight excluding hydrogens is 330 g/mol. The van der Waals surface area contributed by atoms with Crippen LogP contribution in [0.3, 0.4) is 0 Å². The molecule has 2 aromatic rings. The number of aliphatic carboxylic acids is 1. The summed E-state index contributed by atoms with van der Waals surface area (Å²) in [6.45, 7) is 0.906. The maximum absolute atomic E-state index is 12.3. The van der Waals surface area contributed by atoms with Gasteiger partial charge >= 0.3 is 5.97 Å². The molecule has 0 aliphatic heterocycles. The van der Waals surface area contributed by atoms with E-state index in [-0.39, 0.29) is 17.8 Å². The average Bonchev–Trinajstić information content (AvgIpc) is 2.56. The van der Waals surface area contributed by atoms with Crippen LogP contribution in [0.25, 0.3) is 10.9 Å². The minimum Gasteiger partial charge on any atom is -0.506 e. The van der Waals surface area contributed by atoms with Crippen molar-refractivity contribution in [3.63, 3.8) is 0 Å². The van der Waals surface area contributed by atoms with E-state index < -0.39 is 35.3 Å². The van der Waals surface area contributed by atoms with E-state index in [0.717, 1.165) is 0 Å². The first-order chi connectivity index (χ1) is 11.7. The number of amides is 2. The summed E-state index contributed by atoms with van der Waals surface area (Å²) in [5.74, 6) is -3.01. The fourth-order valence-electron chi connectivity index (χ4n) is 2.36. The molecule has 0 radical (unpaired) electrons. The molecule has 9 heteroatoms. The fourth-order valence-corrected chi connectivity index (χ4v) is 2.36. The largest absolute Gasteiger partial charge is 0.506 e. The minimum atomic E-state index is -1.27. The van der Waals surface area contributed by atoms with Crippen molar-refractivity contribution in [2.24, 2.45) is 7.05 Å². The highest BCUT2D eigenvalue weighted by atomic mass is 16.4. The normalized spacial score (nSPS) is 10.5. The van der Waals surface area contributed by atoms with E-state index in [1.165, 1.54) is 18.5 Å². The molecule has 1 aromatic heterocycles. The lowest BCUT2D eigenvalue weighted by Gasteiger charge is -2.13. The number of nitrogens with zero attached hydrogens (tertiary/aromatic N) is 1. The molecule has 4 N–H and O–H groups in total. The van der Waals surface area contributed by atoms with E-state index in [2.05, 4.69) is 10.6 Å². The monoisotopic (exact) mass is 347 g/mol. The fraction of sp³-hybridized carbons (Fsp3) is 0.250. The molecular formula is C16H17N3O6. The molecule has 1 aromatic carbocycles. The van der Waals surface area contributed by atoms with E-state index in [4.69, 9.17) is 5.11 Å². The summed E-state index contributed by atoms with van der Waals surface area (Å²) in [5.41, 5.74) is -0.229. The van der Waals surface area contributed by atoms with Crippen molar-refractivity contribution in [3.8, 4) is 5.75 Å². The summed E-state index contributed by atoms with van der Waals surface area (Å²) in [6.07, 6.45) is 0. The number of aromatic hydroxyl groups is 1. The first kappa shape index (κ1) is 18.0. The van der Waals surface area contributed by atoms with Gasteiger partial charge in [0.05, 0.1) is 5.52 Å². The predicted octanol–water partition coefficient (Wildman–Crippen LogP) is -0.305. The van der Waals surface area contributed by atoms with Crippen LogP contribution in [-0.2, 0) is 23.2 Å². The second-order valence-electron chi connectivity index (χ2n) is 5.43. The summed E-state index contributed by atoms with van der Waals surface area (Å²) in [4.78, 5) is 46.0. The Hall–Kier alpha value is -3.36. The van der Waals surface area contributed by atoms with Crippen molar-refractivity contribution in [2.45, 2.75) is 13.5 Å². The number of carbonyl (C=O) groups is 3. The van der Waals surface area contributed by atoms with Crippen LogP contribution in [-0.4, -0.2) is 39.1 Å². The number of hydrogen-bond acceptors (Lipinski definition) is 5. The molecule has 25 heavy (non-hydrogen) atoms. The first-order valence-electron chi connectivity index (χ1n) is 7.31. The molecule has 132 valence electrons. The Morgan fingerprint density at radius 2 is 1.88 bits per heavy atom. The standard InChI is InChI=1S/C16H17N3O6/c1-8(20)17-6-9-3-4-11-10(5-9)14(23)13(16(25)19(11)2)15(24)18-7-12(21)22/h3-5,23H,6-7H2,1-2H3,(H,17,20)(H,18,24)(H,21,22). The third kappa shape index (κ3) is 3.77. The van der Waals surface area contributed by atoms with E-state index >= 15 is 0 Å². The zero-order valence-electron chi connectivity index (χ0n) is 13.6. The Kier molecular flexibility index (Phi) is 5.06. The van der Waals surface area contributed by atoms with Gasteiger partial charge in [0, 0.05) is 25.9 Å². The number of nitrogens with one attached hydrogen (secondary N) is 2. The molecule has 0 aliphatic rings. The number of rotatable bonds is 5. The summed E-state index contributed by atoms with van der Waals surface area (Å²) in [6, 6.07) is 4.82. The highest BCUT2D eigenvalue weighted by Gasteiger charge is 2.21. The van der Waals surface area contributed by atoms with Crippen molar-refractivity contribution in [2.75, 3.05) is 6.54 Å². The molecule has 0 atom stereocenters. The highest BCUT2D eigenvalue weighted by Crippen LogP contribution is 2.27. The van der Waals surface area contributed by atoms with Crippen LogP contribution in [0.5, 0.6) is 5.75 Å². The molecule has 0 fully saturated rings. The molecule has 1 heterocycles. The molecule has 0 spiro atoms. The van der Waals surface area contributed by atoms with Gasteiger partial charge in [-0.25, -0.2) is 0 Å². The summed E-state index contributed by atoms with van der Waals surface area (Å²) in [7, 11) is 1.44.